The second-order valence-electron chi connectivity index (χ2n) is 27.3. The lowest BCUT2D eigenvalue weighted by atomic mass is 9.86. The number of benzene rings is 5. The Morgan fingerprint density at radius 1 is 0.716 bits per heavy atom. The van der Waals surface area contributed by atoms with Gasteiger partial charge in [-0.15, -0.1) is 0 Å². The number of anilines is 2. The van der Waals surface area contributed by atoms with E-state index in [0.29, 0.717) is 0 Å². The summed E-state index contributed by atoms with van der Waals surface area (Å²) in [6.07, 6.45) is -18.4. The first-order valence-corrected chi connectivity index (χ1v) is 35.6. The van der Waals surface area contributed by atoms with Crippen molar-refractivity contribution in [1.29, 1.82) is 0 Å². The first-order chi connectivity index (χ1) is 51.5. The third-order valence-electron chi connectivity index (χ3n) is 18.7. The van der Waals surface area contributed by atoms with Gasteiger partial charge in [0, 0.05) is 46.5 Å². The number of ether oxygens (including phenoxy) is 6. The molecule has 24 N–H and O–H groups in total. The highest BCUT2D eigenvalue weighted by atomic mass is 35.5. The second kappa shape index (κ2) is 32.6. The van der Waals surface area contributed by atoms with Crippen LogP contribution in [0.25, 0.3) is 11.1 Å². The third-order valence-corrected chi connectivity index (χ3v) is 20.2. The number of hydrogen-bond acceptors (Lipinski definition) is 29. The number of phenolic OH excluding ortho intramolecular Hbond substituents is 3. The number of thioether (sulfide) groups is 1. The number of aromatic hydroxyl groups is 3. The Morgan fingerprint density at radius 3 is 1.92 bits per heavy atom. The molecular weight excluding hydrogens is 1490 g/mol. The summed E-state index contributed by atoms with van der Waals surface area (Å²) in [6.45, 7) is 6.65. The van der Waals surface area contributed by atoms with Crippen LogP contribution < -0.4 is 74.4 Å². The SMILES string of the molecule is CN[C@H](CC(C)C)C(=O)N[C@H]1C(=O)N[C@@H](CC(N)=O)C(=O)NC2C(=O)NC3C(=O)N[C@H](C(=O)N[C@@H](C(=O)O)c4cc(O)cc(O)c4-c4cc3ccc4O)[C@H](O)c3ccc(c(Cl)c3)Oc3cc2cc(c3OC2OC(CSc3nc(N)cc(N)n3)C(O)C(O)C2OC2CC(C)(N)C(O)C(C)O2)Oc2ccc(cc2Cl)[C@H]1O. The Labute approximate surface area is 633 Å². The second-order valence-corrected chi connectivity index (χ2v) is 29.1. The predicted octanol–water partition coefficient (Wildman–Crippen LogP) is 0.861. The molecule has 39 heteroatoms. The summed E-state index contributed by atoms with van der Waals surface area (Å²) in [7, 11) is 1.47. The van der Waals surface area contributed by atoms with Crippen LogP contribution in [0.2, 0.25) is 10.0 Å². The van der Waals surface area contributed by atoms with Gasteiger partial charge in [-0.05, 0) is 110 Å². The Balaban J connectivity index is 1.17. The fourth-order valence-electron chi connectivity index (χ4n) is 13.2. The molecule has 18 atom stereocenters. The van der Waals surface area contributed by atoms with Crippen LogP contribution in [0.15, 0.2) is 90.1 Å². The van der Waals surface area contributed by atoms with E-state index in [1.807, 2.05) is 13.8 Å². The third kappa shape index (κ3) is 17.5. The number of fused-ring (bicyclic) bond motifs is 15. The van der Waals surface area contributed by atoms with Crippen LogP contribution in [0, 0.1) is 5.92 Å². The molecule has 0 spiro atoms. The molecule has 7 amide bonds. The largest absolute Gasteiger partial charge is 0.508 e. The number of aliphatic hydroxyl groups excluding tert-OH is 5. The van der Waals surface area contributed by atoms with E-state index in [-0.39, 0.29) is 68.8 Å². The van der Waals surface area contributed by atoms with E-state index in [9.17, 15) is 69.9 Å². The number of phenols is 3. The van der Waals surface area contributed by atoms with Gasteiger partial charge < -0.3 is 135 Å². The van der Waals surface area contributed by atoms with Gasteiger partial charge in [-0.1, -0.05) is 67.0 Å². The first kappa shape index (κ1) is 79.9. The molecule has 6 aromatic rings. The van der Waals surface area contributed by atoms with Crippen molar-refractivity contribution in [3.05, 3.63) is 123 Å². The van der Waals surface area contributed by atoms with Crippen molar-refractivity contribution in [1.82, 2.24) is 47.2 Å². The van der Waals surface area contributed by atoms with Gasteiger partial charge in [0.1, 0.15) is 95.0 Å². The van der Waals surface area contributed by atoms with Crippen LogP contribution in [-0.2, 0) is 52.6 Å². The van der Waals surface area contributed by atoms with Gasteiger partial charge in [-0.25, -0.2) is 14.8 Å². The van der Waals surface area contributed by atoms with Crippen molar-refractivity contribution in [2.45, 2.75) is 161 Å². The minimum Gasteiger partial charge on any atom is -0.508 e. The first-order valence-electron chi connectivity index (χ1n) is 33.8. The Morgan fingerprint density at radius 2 is 1.32 bits per heavy atom. The fourth-order valence-corrected chi connectivity index (χ4v) is 14.5. The van der Waals surface area contributed by atoms with Crippen molar-refractivity contribution in [3.8, 4) is 57.1 Å². The summed E-state index contributed by atoms with van der Waals surface area (Å²) in [5.41, 5.74) is 20.1. The summed E-state index contributed by atoms with van der Waals surface area (Å²) in [4.78, 5) is 126. The van der Waals surface area contributed by atoms with E-state index in [4.69, 9.17) is 74.6 Å². The molecule has 2 saturated heterocycles. The molecule has 0 radical (unpaired) electrons. The average Bonchev–Trinajstić information content (AvgIpc) is 0.767. The molecule has 7 aliphatic heterocycles. The monoisotopic (exact) mass is 1570 g/mol. The number of halogens is 2. The molecule has 2 fully saturated rings. The molecular formula is C70H79Cl2N13O23S. The number of likely N-dealkylation sites (N-methyl/N-ethyl adjacent to an activating group) is 1. The Hall–Kier alpha value is -10.1. The smallest absolute Gasteiger partial charge is 0.330 e. The van der Waals surface area contributed by atoms with Crippen molar-refractivity contribution in [2.24, 2.45) is 17.4 Å². The maximum Gasteiger partial charge on any atom is 0.330 e. The molecule has 11 unspecified atom stereocenters. The predicted molar refractivity (Wildman–Crippen MR) is 384 cm³/mol. The van der Waals surface area contributed by atoms with Crippen LogP contribution >= 0.6 is 35.0 Å². The minimum atomic E-state index is -2.36. The summed E-state index contributed by atoms with van der Waals surface area (Å²) in [5.74, 6) is -16.4. The van der Waals surface area contributed by atoms with E-state index < -0.39 is 231 Å². The Bertz CT molecular complexity index is 4550. The standard InChI is InChI=1S/C70H79Cl2N13O23S/c1-24(2)12-35(77-5)61(95)84-52-54(90)27-7-10-39(33(71)14-27)104-41-16-29-17-42(58(41)108-68-59(107-47-22-70(4,76)60(94)25(3)103-47)57(93)56(92)43(106-68)23-109-69-79-44(73)21-45(74)80-69)105-40-11-8-28(15-34(40)72)55(91)53-66(100)83-51(67(101)102)32-18-30(86)19-38(88)48(32)31-13-26(6-9-37(31)87)49(63(97)85-53)82-64(98)50(29)81-62(96)36(20-46(75)89)78-65(52)99/h6-11,13-19,21,24-25,35-36,43,47,49-57,59-60,68,77,86-88,90-94H,12,20,22-23,76H2,1-5H3,(H2,75,89)(H,78,99)(H,81,96)(H,82,98)(H,83,100)(H,84,95)(H,85,97)(H,101,102)(H4,73,74,79,80)/t25?,35-,36+,43?,47?,49?,50?,51-,52-,53+,54-,55-,56?,57?,59?,60?,68?,70?/m1/s1. The van der Waals surface area contributed by atoms with Crippen molar-refractivity contribution in [2.75, 3.05) is 24.3 Å². The van der Waals surface area contributed by atoms with Gasteiger partial charge in [-0.2, -0.15) is 0 Å². The van der Waals surface area contributed by atoms with E-state index in [1.54, 1.807) is 0 Å². The number of carbonyl (C=O) groups excluding carboxylic acids is 7. The van der Waals surface area contributed by atoms with Crippen molar-refractivity contribution < 1.29 is 113 Å². The maximum atomic E-state index is 16.2. The molecule has 36 nitrogen and oxygen atoms in total. The summed E-state index contributed by atoms with van der Waals surface area (Å²) >= 11 is 15.1. The number of carboxylic acid groups (broad SMARTS) is 1. The molecule has 13 rings (SSSR count). The van der Waals surface area contributed by atoms with Gasteiger partial charge in [-0.3, -0.25) is 33.6 Å². The number of nitrogens with two attached hydrogens (primary N) is 4. The van der Waals surface area contributed by atoms with E-state index >= 15 is 14.4 Å². The number of nitrogens with one attached hydrogen (secondary N) is 7. The summed E-state index contributed by atoms with van der Waals surface area (Å²) in [5, 5.41) is 122. The highest BCUT2D eigenvalue weighted by Gasteiger charge is 2.52. The molecule has 0 aliphatic carbocycles. The maximum absolute atomic E-state index is 16.2. The van der Waals surface area contributed by atoms with E-state index in [1.165, 1.54) is 39.1 Å². The van der Waals surface area contributed by atoms with Gasteiger partial charge in [0.05, 0.1) is 40.8 Å². The molecule has 5 aromatic carbocycles. The number of nitrogens with zero attached hydrogens (tertiary/aromatic N) is 2. The highest BCUT2D eigenvalue weighted by Crippen LogP contribution is 2.50. The summed E-state index contributed by atoms with van der Waals surface area (Å²) in [6, 6.07) is 0.619. The molecule has 11 bridgehead atoms. The van der Waals surface area contributed by atoms with Crippen molar-refractivity contribution in [3.63, 3.8) is 0 Å². The summed E-state index contributed by atoms with van der Waals surface area (Å²) < 4.78 is 39.4. The van der Waals surface area contributed by atoms with Gasteiger partial charge in [0.15, 0.2) is 35.1 Å². The number of rotatable bonds is 15. The number of carbonyl (C=O) groups is 8. The van der Waals surface area contributed by atoms with Crippen LogP contribution in [0.5, 0.6) is 46.0 Å². The zero-order valence-electron chi connectivity index (χ0n) is 58.4. The van der Waals surface area contributed by atoms with Gasteiger partial charge in [0.2, 0.25) is 53.4 Å². The lowest BCUT2D eigenvalue weighted by Crippen LogP contribution is -2.64. The molecule has 582 valence electrons. The van der Waals surface area contributed by atoms with Gasteiger partial charge >= 0.3 is 5.97 Å². The Kier molecular flexibility index (Phi) is 23.9. The number of aliphatic carboxylic acids is 1. The molecule has 1 aromatic heterocycles. The molecule has 8 heterocycles. The van der Waals surface area contributed by atoms with Crippen molar-refractivity contribution >= 4 is 93.9 Å². The highest BCUT2D eigenvalue weighted by molar-refractivity contribution is 7.99. The zero-order chi connectivity index (χ0) is 79.1. The number of aliphatic hydroxyl groups is 5. The number of primary amides is 1. The van der Waals surface area contributed by atoms with Crippen LogP contribution in [0.4, 0.5) is 11.6 Å². The molecule has 109 heavy (non-hydrogen) atoms. The topological polar surface area (TPSA) is 588 Å². The molecule has 0 saturated carbocycles. The lowest BCUT2D eigenvalue weighted by molar-refractivity contribution is -0.329. The zero-order valence-corrected chi connectivity index (χ0v) is 60.7. The number of aromatic nitrogens is 2. The van der Waals surface area contributed by atoms with E-state index in [0.717, 1.165) is 78.5 Å². The van der Waals surface area contributed by atoms with Gasteiger partial charge in [0.25, 0.3) is 0 Å². The lowest BCUT2D eigenvalue weighted by Gasteiger charge is -2.47. The number of carboxylic acids is 1. The minimum absolute atomic E-state index is 0.000331. The van der Waals surface area contributed by atoms with E-state index in [2.05, 4.69) is 47.2 Å². The van der Waals surface area contributed by atoms with Crippen LogP contribution in [0.1, 0.15) is 105 Å². The number of amides is 7. The van der Waals surface area contributed by atoms with Crippen LogP contribution in [0.3, 0.4) is 0 Å². The number of hydrogen-bond donors (Lipinski definition) is 20. The fraction of sp³-hybridized carbons (Fsp3) is 0.400. The molecule has 7 aliphatic rings. The average molecular weight is 1570 g/mol. The number of nitrogen functional groups attached to an aromatic ring is 2. The normalized spacial score (nSPS) is 28.1. The quantitative estimate of drug-likeness (QED) is 0.0501. The van der Waals surface area contributed by atoms with Crippen LogP contribution in [-0.4, -0.2) is 195 Å².